The fourth-order valence-corrected chi connectivity index (χ4v) is 2.05. The van der Waals surface area contributed by atoms with Gasteiger partial charge in [0.05, 0.1) is 6.54 Å². The first-order chi connectivity index (χ1) is 8.81. The first-order valence-corrected chi connectivity index (χ1v) is 6.75. The van der Waals surface area contributed by atoms with Crippen molar-refractivity contribution in [1.29, 1.82) is 0 Å². The van der Waals surface area contributed by atoms with Crippen LogP contribution in [0.25, 0.3) is 11.4 Å². The summed E-state index contributed by atoms with van der Waals surface area (Å²) in [7, 11) is 0. The molecule has 6 heteroatoms. The highest BCUT2D eigenvalue weighted by Gasteiger charge is 2.20. The number of halogens is 1. The van der Waals surface area contributed by atoms with E-state index < -0.39 is 0 Å². The molecule has 0 atom stereocenters. The van der Waals surface area contributed by atoms with E-state index in [2.05, 4.69) is 36.4 Å². The van der Waals surface area contributed by atoms with Crippen molar-refractivity contribution >= 4 is 15.9 Å². The van der Waals surface area contributed by atoms with E-state index in [1.807, 2.05) is 6.07 Å². The Labute approximate surface area is 113 Å². The van der Waals surface area contributed by atoms with Gasteiger partial charge in [0.1, 0.15) is 0 Å². The highest BCUT2D eigenvalue weighted by atomic mass is 79.9. The summed E-state index contributed by atoms with van der Waals surface area (Å²) in [5.41, 5.74) is 0.849. The first kappa shape index (κ1) is 11.8. The molecule has 1 N–H and O–H groups in total. The molecule has 1 aliphatic rings. The average molecular weight is 309 g/mol. The highest BCUT2D eigenvalue weighted by Crippen LogP contribution is 2.27. The van der Waals surface area contributed by atoms with Crippen molar-refractivity contribution in [2.24, 2.45) is 5.92 Å². The van der Waals surface area contributed by atoms with Gasteiger partial charge in [-0.1, -0.05) is 5.16 Å². The number of hydrogen-bond acceptors (Lipinski definition) is 5. The van der Waals surface area contributed by atoms with Crippen LogP contribution < -0.4 is 5.32 Å². The second-order valence-electron chi connectivity index (χ2n) is 4.48. The third-order valence-electron chi connectivity index (χ3n) is 2.84. The minimum atomic E-state index is 0.576. The van der Waals surface area contributed by atoms with Crippen LogP contribution in [0.3, 0.4) is 0 Å². The van der Waals surface area contributed by atoms with Crippen LogP contribution in [0.2, 0.25) is 0 Å². The zero-order chi connectivity index (χ0) is 12.4. The Kier molecular flexibility index (Phi) is 3.38. The Bertz CT molecular complexity index is 538. The monoisotopic (exact) mass is 308 g/mol. The summed E-state index contributed by atoms with van der Waals surface area (Å²) in [4.78, 5) is 8.42. The molecule has 3 rings (SSSR count). The van der Waals surface area contributed by atoms with Gasteiger partial charge in [-0.2, -0.15) is 4.98 Å². The molecule has 2 aromatic rings. The van der Waals surface area contributed by atoms with Gasteiger partial charge in [-0.15, -0.1) is 0 Å². The van der Waals surface area contributed by atoms with E-state index in [1.165, 1.54) is 12.8 Å². The van der Waals surface area contributed by atoms with Crippen LogP contribution in [-0.2, 0) is 6.54 Å². The molecule has 18 heavy (non-hydrogen) atoms. The first-order valence-electron chi connectivity index (χ1n) is 5.95. The number of rotatable bonds is 5. The second-order valence-corrected chi connectivity index (χ2v) is 5.39. The lowest BCUT2D eigenvalue weighted by atomic mass is 10.3. The molecule has 0 unspecified atom stereocenters. The maximum absolute atomic E-state index is 5.19. The molecular weight excluding hydrogens is 296 g/mol. The number of nitrogens with one attached hydrogen (secondary N) is 1. The third-order valence-corrected chi connectivity index (χ3v) is 3.27. The summed E-state index contributed by atoms with van der Waals surface area (Å²) in [6.07, 6.45) is 6.12. The number of aromatic nitrogens is 3. The molecule has 2 aromatic heterocycles. The van der Waals surface area contributed by atoms with Crippen molar-refractivity contribution in [3.8, 4) is 11.4 Å². The van der Waals surface area contributed by atoms with Crippen LogP contribution in [0.5, 0.6) is 0 Å². The van der Waals surface area contributed by atoms with Gasteiger partial charge in [-0.3, -0.25) is 4.98 Å². The van der Waals surface area contributed by atoms with Gasteiger partial charge in [0.25, 0.3) is 0 Å². The SMILES string of the molecule is Brc1cncc(-c2noc(CNCC3CC3)n2)c1. The van der Waals surface area contributed by atoms with Crippen LogP contribution in [0.1, 0.15) is 18.7 Å². The summed E-state index contributed by atoms with van der Waals surface area (Å²) < 4.78 is 6.10. The lowest BCUT2D eigenvalue weighted by Gasteiger charge is -1.97. The van der Waals surface area contributed by atoms with E-state index in [4.69, 9.17) is 4.52 Å². The van der Waals surface area contributed by atoms with Gasteiger partial charge < -0.3 is 9.84 Å². The molecule has 94 valence electrons. The zero-order valence-electron chi connectivity index (χ0n) is 9.77. The minimum Gasteiger partial charge on any atom is -0.338 e. The third kappa shape index (κ3) is 2.94. The van der Waals surface area contributed by atoms with E-state index in [-0.39, 0.29) is 0 Å². The second kappa shape index (κ2) is 5.16. The van der Waals surface area contributed by atoms with Crippen LogP contribution in [0.4, 0.5) is 0 Å². The summed E-state index contributed by atoms with van der Waals surface area (Å²) in [5, 5.41) is 7.27. The lowest BCUT2D eigenvalue weighted by Crippen LogP contribution is -2.16. The largest absolute Gasteiger partial charge is 0.338 e. The van der Waals surface area contributed by atoms with Crippen LogP contribution in [0.15, 0.2) is 27.5 Å². The Morgan fingerprint density at radius 2 is 2.28 bits per heavy atom. The molecule has 0 radical (unpaired) electrons. The predicted molar refractivity (Wildman–Crippen MR) is 69.7 cm³/mol. The summed E-state index contributed by atoms with van der Waals surface area (Å²) in [6.45, 7) is 1.67. The number of hydrogen-bond donors (Lipinski definition) is 1. The molecule has 0 saturated heterocycles. The fraction of sp³-hybridized carbons (Fsp3) is 0.417. The maximum atomic E-state index is 5.19. The topological polar surface area (TPSA) is 63.8 Å². The zero-order valence-corrected chi connectivity index (χ0v) is 11.4. The molecule has 1 fully saturated rings. The van der Waals surface area contributed by atoms with E-state index in [0.29, 0.717) is 18.3 Å². The summed E-state index contributed by atoms with van der Waals surface area (Å²) >= 11 is 3.37. The molecule has 0 aliphatic heterocycles. The quantitative estimate of drug-likeness (QED) is 0.919. The van der Waals surface area contributed by atoms with Crippen LogP contribution in [0, 0.1) is 5.92 Å². The minimum absolute atomic E-state index is 0.576. The van der Waals surface area contributed by atoms with E-state index in [1.54, 1.807) is 12.4 Å². The van der Waals surface area contributed by atoms with Crippen LogP contribution >= 0.6 is 15.9 Å². The molecule has 0 amide bonds. The van der Waals surface area contributed by atoms with Crippen molar-refractivity contribution in [2.75, 3.05) is 6.54 Å². The highest BCUT2D eigenvalue weighted by molar-refractivity contribution is 9.10. The smallest absolute Gasteiger partial charge is 0.240 e. The predicted octanol–water partition coefficient (Wildman–Crippen LogP) is 2.39. The van der Waals surface area contributed by atoms with E-state index >= 15 is 0 Å². The van der Waals surface area contributed by atoms with E-state index in [0.717, 1.165) is 22.5 Å². The van der Waals surface area contributed by atoms with Gasteiger partial charge in [0, 0.05) is 22.4 Å². The standard InChI is InChI=1S/C12H13BrN4O/c13-10-3-9(5-15-6-10)12-16-11(18-17-12)7-14-4-8-1-2-8/h3,5-6,8,14H,1-2,4,7H2. The molecule has 1 saturated carbocycles. The van der Waals surface area contributed by atoms with Crippen molar-refractivity contribution in [1.82, 2.24) is 20.4 Å². The number of nitrogens with zero attached hydrogens (tertiary/aromatic N) is 3. The molecule has 0 spiro atoms. The summed E-state index contributed by atoms with van der Waals surface area (Å²) in [6, 6.07) is 1.92. The van der Waals surface area contributed by atoms with Crippen molar-refractivity contribution in [3.63, 3.8) is 0 Å². The molecule has 1 aliphatic carbocycles. The number of pyridine rings is 1. The normalized spacial score (nSPS) is 14.9. The molecular formula is C12H13BrN4O. The Balaban J connectivity index is 1.64. The van der Waals surface area contributed by atoms with Gasteiger partial charge in [0.2, 0.25) is 11.7 Å². The molecule has 0 aromatic carbocycles. The molecule has 5 nitrogen and oxygen atoms in total. The Morgan fingerprint density at radius 1 is 1.39 bits per heavy atom. The van der Waals surface area contributed by atoms with Gasteiger partial charge in [-0.25, -0.2) is 0 Å². The lowest BCUT2D eigenvalue weighted by molar-refractivity contribution is 0.367. The van der Waals surface area contributed by atoms with Gasteiger partial charge in [-0.05, 0) is 47.3 Å². The van der Waals surface area contributed by atoms with Crippen molar-refractivity contribution < 1.29 is 4.52 Å². The maximum Gasteiger partial charge on any atom is 0.240 e. The Morgan fingerprint density at radius 3 is 3.06 bits per heavy atom. The summed E-state index contributed by atoms with van der Waals surface area (Å²) in [5.74, 6) is 2.04. The van der Waals surface area contributed by atoms with Gasteiger partial charge >= 0.3 is 0 Å². The average Bonchev–Trinajstić information content (AvgIpc) is 3.06. The Hall–Kier alpha value is -1.27. The van der Waals surface area contributed by atoms with E-state index in [9.17, 15) is 0 Å². The fourth-order valence-electron chi connectivity index (χ4n) is 1.68. The van der Waals surface area contributed by atoms with Crippen LogP contribution in [-0.4, -0.2) is 21.7 Å². The van der Waals surface area contributed by atoms with Crippen molar-refractivity contribution in [3.05, 3.63) is 28.8 Å². The van der Waals surface area contributed by atoms with Crippen molar-refractivity contribution in [2.45, 2.75) is 19.4 Å². The molecule has 2 heterocycles. The molecule has 0 bridgehead atoms. The van der Waals surface area contributed by atoms with Gasteiger partial charge in [0.15, 0.2) is 0 Å².